The molecule has 0 unspecified atom stereocenters. The van der Waals surface area contributed by atoms with Crippen molar-refractivity contribution in [3.8, 4) is 11.5 Å². The van der Waals surface area contributed by atoms with E-state index < -0.39 is 11.7 Å². The lowest BCUT2D eigenvalue weighted by molar-refractivity contribution is -0.137. The number of nitrogens with zero attached hydrogens (tertiary/aromatic N) is 4. The van der Waals surface area contributed by atoms with E-state index >= 15 is 0 Å². The zero-order valence-electron chi connectivity index (χ0n) is 19.4. The smallest absolute Gasteiger partial charge is 0.417 e. The molecule has 0 aliphatic rings. The van der Waals surface area contributed by atoms with Crippen molar-refractivity contribution in [3.05, 3.63) is 98.7 Å². The van der Waals surface area contributed by atoms with Gasteiger partial charge in [0.15, 0.2) is 5.16 Å². The molecule has 0 fully saturated rings. The summed E-state index contributed by atoms with van der Waals surface area (Å²) in [6.45, 7) is 0. The maximum atomic E-state index is 13.0. The minimum absolute atomic E-state index is 0.0500. The molecule has 6 nitrogen and oxygen atoms in total. The minimum Gasteiger partial charge on any atom is -0.457 e. The van der Waals surface area contributed by atoms with E-state index in [1.807, 2.05) is 37.0 Å². The van der Waals surface area contributed by atoms with Crippen LogP contribution in [0.25, 0.3) is 0 Å². The van der Waals surface area contributed by atoms with Crippen LogP contribution >= 0.6 is 23.4 Å². The Morgan fingerprint density at radius 1 is 1.03 bits per heavy atom. The Labute approximate surface area is 214 Å². The van der Waals surface area contributed by atoms with Gasteiger partial charge in [0.1, 0.15) is 11.5 Å². The molecule has 0 aliphatic carbocycles. The SMILES string of the molecule is Cn1cc(Cc2cn(C)c(SCCc3ccc(Oc4ccc(Cl)c(C(F)(F)F)c4)cc3)nc2=O)cn1. The van der Waals surface area contributed by atoms with Crippen molar-refractivity contribution in [1.29, 1.82) is 0 Å². The monoisotopic (exact) mass is 534 g/mol. The number of rotatable bonds is 8. The Hall–Kier alpha value is -3.24. The second-order valence-electron chi connectivity index (χ2n) is 8.15. The third-order valence-corrected chi connectivity index (χ3v) is 6.68. The molecule has 0 spiro atoms. The topological polar surface area (TPSA) is 61.9 Å². The van der Waals surface area contributed by atoms with Gasteiger partial charge in [-0.3, -0.25) is 9.48 Å². The molecule has 0 aliphatic heterocycles. The van der Waals surface area contributed by atoms with Crippen LogP contribution < -0.4 is 10.3 Å². The zero-order valence-corrected chi connectivity index (χ0v) is 21.0. The van der Waals surface area contributed by atoms with Crippen LogP contribution in [0.3, 0.4) is 0 Å². The number of halogens is 4. The summed E-state index contributed by atoms with van der Waals surface area (Å²) < 4.78 is 48.2. The molecule has 0 radical (unpaired) electrons. The Balaban J connectivity index is 1.34. The van der Waals surface area contributed by atoms with Crippen molar-refractivity contribution in [2.45, 2.75) is 24.2 Å². The van der Waals surface area contributed by atoms with Crippen LogP contribution in [0.2, 0.25) is 5.02 Å². The summed E-state index contributed by atoms with van der Waals surface area (Å²) in [5, 5.41) is 4.37. The Morgan fingerprint density at radius 3 is 2.42 bits per heavy atom. The van der Waals surface area contributed by atoms with E-state index in [1.165, 1.54) is 17.8 Å². The summed E-state index contributed by atoms with van der Waals surface area (Å²) in [6.07, 6.45) is 2.02. The third kappa shape index (κ3) is 6.50. The number of aromatic nitrogens is 4. The average Bonchev–Trinajstić information content (AvgIpc) is 3.23. The molecule has 0 bridgehead atoms. The molecule has 2 aromatic heterocycles. The zero-order chi connectivity index (χ0) is 25.9. The van der Waals surface area contributed by atoms with Gasteiger partial charge in [0.2, 0.25) is 0 Å². The molecule has 188 valence electrons. The van der Waals surface area contributed by atoms with Crippen LogP contribution in [0, 0.1) is 0 Å². The summed E-state index contributed by atoms with van der Waals surface area (Å²) in [4.78, 5) is 16.7. The predicted molar refractivity (Wildman–Crippen MR) is 133 cm³/mol. The molecule has 4 rings (SSSR count). The fraction of sp³-hybridized carbons (Fsp3) is 0.240. The molecule has 2 aromatic carbocycles. The van der Waals surface area contributed by atoms with Gasteiger partial charge in [-0.2, -0.15) is 23.3 Å². The highest BCUT2D eigenvalue weighted by Gasteiger charge is 2.33. The standard InChI is InChI=1S/C25H22ClF3N4O2S/c1-32-15-18(11-17-13-30-33(2)14-17)23(34)31-24(32)36-10-9-16-3-5-19(6-4-16)35-20-7-8-22(26)21(12-20)25(27,28)29/h3-8,12-15H,9-11H2,1-2H3. The molecule has 0 saturated carbocycles. The molecule has 2 heterocycles. The second kappa shape index (κ2) is 10.8. The quantitative estimate of drug-likeness (QED) is 0.208. The van der Waals surface area contributed by atoms with E-state index in [4.69, 9.17) is 16.3 Å². The highest BCUT2D eigenvalue weighted by molar-refractivity contribution is 7.99. The largest absolute Gasteiger partial charge is 0.457 e. The first kappa shape index (κ1) is 25.8. The number of alkyl halides is 3. The molecule has 0 saturated heterocycles. The molecule has 0 atom stereocenters. The van der Waals surface area contributed by atoms with Crippen LogP contribution in [0.4, 0.5) is 13.2 Å². The van der Waals surface area contributed by atoms with Gasteiger partial charge in [-0.05, 0) is 47.9 Å². The van der Waals surface area contributed by atoms with E-state index in [-0.39, 0.29) is 16.3 Å². The first-order chi connectivity index (χ1) is 17.1. The third-order valence-electron chi connectivity index (χ3n) is 5.30. The van der Waals surface area contributed by atoms with Crippen molar-refractivity contribution in [3.63, 3.8) is 0 Å². The first-order valence-electron chi connectivity index (χ1n) is 10.9. The number of thioether (sulfide) groups is 1. The fourth-order valence-corrected chi connectivity index (χ4v) is 4.67. The summed E-state index contributed by atoms with van der Waals surface area (Å²) in [7, 11) is 3.68. The van der Waals surface area contributed by atoms with E-state index in [9.17, 15) is 18.0 Å². The van der Waals surface area contributed by atoms with Crippen molar-refractivity contribution in [2.75, 3.05) is 5.75 Å². The van der Waals surface area contributed by atoms with Crippen molar-refractivity contribution in [1.82, 2.24) is 19.3 Å². The summed E-state index contributed by atoms with van der Waals surface area (Å²) in [6, 6.07) is 10.5. The van der Waals surface area contributed by atoms with Gasteiger partial charge in [-0.1, -0.05) is 35.5 Å². The molecule has 11 heteroatoms. The van der Waals surface area contributed by atoms with Gasteiger partial charge < -0.3 is 9.30 Å². The van der Waals surface area contributed by atoms with Gasteiger partial charge >= 0.3 is 6.18 Å². The van der Waals surface area contributed by atoms with Gasteiger partial charge in [0, 0.05) is 44.2 Å². The van der Waals surface area contributed by atoms with Crippen LogP contribution in [0.15, 0.2) is 71.0 Å². The number of ether oxygens (including phenoxy) is 1. The van der Waals surface area contributed by atoms with Crippen molar-refractivity contribution < 1.29 is 17.9 Å². The summed E-state index contributed by atoms with van der Waals surface area (Å²) in [5.74, 6) is 1.15. The van der Waals surface area contributed by atoms with Gasteiger partial charge in [0.05, 0.1) is 16.8 Å². The Bertz CT molecular complexity index is 1420. The molecular weight excluding hydrogens is 513 g/mol. The lowest BCUT2D eigenvalue weighted by Gasteiger charge is -2.12. The minimum atomic E-state index is -4.56. The van der Waals surface area contributed by atoms with Crippen molar-refractivity contribution in [2.24, 2.45) is 14.1 Å². The highest BCUT2D eigenvalue weighted by Crippen LogP contribution is 2.37. The van der Waals surface area contributed by atoms with Crippen LogP contribution in [0.1, 0.15) is 22.3 Å². The lowest BCUT2D eigenvalue weighted by atomic mass is 10.1. The van der Waals surface area contributed by atoms with Gasteiger partial charge in [-0.25, -0.2) is 0 Å². The molecule has 0 amide bonds. The summed E-state index contributed by atoms with van der Waals surface area (Å²) >= 11 is 7.13. The predicted octanol–water partition coefficient (Wildman–Crippen LogP) is 5.90. The Kier molecular flexibility index (Phi) is 7.75. The summed E-state index contributed by atoms with van der Waals surface area (Å²) in [5.41, 5.74) is 1.37. The normalized spacial score (nSPS) is 11.6. The van der Waals surface area contributed by atoms with Gasteiger partial charge in [-0.15, -0.1) is 0 Å². The average molecular weight is 535 g/mol. The number of benzene rings is 2. The fourth-order valence-electron chi connectivity index (χ4n) is 3.53. The van der Waals surface area contributed by atoms with Crippen LogP contribution in [-0.2, 0) is 33.1 Å². The Morgan fingerprint density at radius 2 is 1.75 bits per heavy atom. The second-order valence-corrected chi connectivity index (χ2v) is 9.62. The lowest BCUT2D eigenvalue weighted by Crippen LogP contribution is -2.18. The highest BCUT2D eigenvalue weighted by atomic mass is 35.5. The van der Waals surface area contributed by atoms with Gasteiger partial charge in [0.25, 0.3) is 5.56 Å². The van der Waals surface area contributed by atoms with E-state index in [0.717, 1.165) is 23.3 Å². The number of aryl methyl sites for hydroxylation is 3. The van der Waals surface area contributed by atoms with Crippen LogP contribution in [-0.4, -0.2) is 25.1 Å². The number of hydrogen-bond acceptors (Lipinski definition) is 5. The van der Waals surface area contributed by atoms with Crippen LogP contribution in [0.5, 0.6) is 11.5 Å². The molecule has 0 N–H and O–H groups in total. The maximum absolute atomic E-state index is 13.0. The number of hydrogen-bond donors (Lipinski definition) is 0. The van der Waals surface area contributed by atoms with E-state index in [0.29, 0.717) is 35.1 Å². The molecule has 36 heavy (non-hydrogen) atoms. The van der Waals surface area contributed by atoms with E-state index in [1.54, 1.807) is 29.2 Å². The maximum Gasteiger partial charge on any atom is 0.417 e. The first-order valence-corrected chi connectivity index (χ1v) is 12.3. The molecule has 4 aromatic rings. The van der Waals surface area contributed by atoms with E-state index in [2.05, 4.69) is 10.1 Å². The van der Waals surface area contributed by atoms with Crippen molar-refractivity contribution >= 4 is 23.4 Å². The molecular formula is C25H22ClF3N4O2S.